The lowest BCUT2D eigenvalue weighted by atomic mass is 10.1. The first-order valence-corrected chi connectivity index (χ1v) is 11.3. The Labute approximate surface area is 198 Å². The van der Waals surface area contributed by atoms with Gasteiger partial charge in [0.05, 0.1) is 24.0 Å². The summed E-state index contributed by atoms with van der Waals surface area (Å²) in [6.45, 7) is 1.12. The molecule has 5 aromatic rings. The van der Waals surface area contributed by atoms with Gasteiger partial charge in [-0.05, 0) is 29.7 Å². The Bertz CT molecular complexity index is 1360. The number of carbonyl (C=O) groups excluding carboxylic acids is 1. The fourth-order valence-electron chi connectivity index (χ4n) is 3.87. The molecule has 0 bridgehead atoms. The van der Waals surface area contributed by atoms with Crippen molar-refractivity contribution < 1.29 is 4.79 Å². The van der Waals surface area contributed by atoms with E-state index >= 15 is 0 Å². The monoisotopic (exact) mass is 447 g/mol. The summed E-state index contributed by atoms with van der Waals surface area (Å²) in [5.41, 5.74) is 5.38. The van der Waals surface area contributed by atoms with Crippen LogP contribution in [0.2, 0.25) is 0 Å². The van der Waals surface area contributed by atoms with Crippen LogP contribution in [0.15, 0.2) is 110 Å². The van der Waals surface area contributed by atoms with E-state index in [1.54, 1.807) is 0 Å². The molecule has 0 aliphatic rings. The number of carbonyl (C=O) groups is 1. The molecular weight excluding hydrogens is 422 g/mol. The highest BCUT2D eigenvalue weighted by molar-refractivity contribution is 5.99. The molecule has 5 rings (SSSR count). The first kappa shape index (κ1) is 21.4. The second-order valence-corrected chi connectivity index (χ2v) is 8.08. The average molecular weight is 448 g/mol. The molecule has 3 aromatic carbocycles. The van der Waals surface area contributed by atoms with Crippen LogP contribution < -0.4 is 5.32 Å². The molecule has 0 atom stereocenters. The van der Waals surface area contributed by atoms with E-state index in [0.29, 0.717) is 30.8 Å². The third-order valence-electron chi connectivity index (χ3n) is 5.60. The Kier molecular flexibility index (Phi) is 6.29. The van der Waals surface area contributed by atoms with Crippen molar-refractivity contribution in [2.24, 2.45) is 0 Å². The molecule has 2 aromatic heterocycles. The number of aromatic nitrogens is 4. The van der Waals surface area contributed by atoms with Crippen LogP contribution in [0.3, 0.4) is 0 Å². The van der Waals surface area contributed by atoms with Crippen LogP contribution in [0.5, 0.6) is 0 Å². The van der Waals surface area contributed by atoms with E-state index in [-0.39, 0.29) is 5.91 Å². The van der Waals surface area contributed by atoms with Gasteiger partial charge < -0.3 is 5.32 Å². The zero-order valence-corrected chi connectivity index (χ0v) is 18.7. The average Bonchev–Trinajstić information content (AvgIpc) is 3.53. The number of benzene rings is 3. The summed E-state index contributed by atoms with van der Waals surface area (Å²) in [6, 6.07) is 29.9. The maximum Gasteiger partial charge on any atom is 0.255 e. The van der Waals surface area contributed by atoms with Crippen LogP contribution in [0.1, 0.15) is 21.5 Å². The minimum Gasteiger partial charge on any atom is -0.352 e. The maximum atomic E-state index is 13.1. The highest BCUT2D eigenvalue weighted by Crippen LogP contribution is 2.22. The summed E-state index contributed by atoms with van der Waals surface area (Å²) in [5.74, 6) is -0.131. The summed E-state index contributed by atoms with van der Waals surface area (Å²) in [5, 5.41) is 12.2. The van der Waals surface area contributed by atoms with Crippen LogP contribution in [0, 0.1) is 0 Å². The van der Waals surface area contributed by atoms with Crippen LogP contribution in [-0.4, -0.2) is 32.0 Å². The number of nitrogens with one attached hydrogen (secondary N) is 1. The van der Waals surface area contributed by atoms with E-state index in [9.17, 15) is 4.79 Å². The minimum absolute atomic E-state index is 0.131. The highest BCUT2D eigenvalue weighted by Gasteiger charge is 2.18. The number of hydrogen-bond acceptors (Lipinski definition) is 3. The molecular formula is C28H25N5O. The number of rotatable bonds is 8. The molecule has 0 saturated carbocycles. The quantitative estimate of drug-likeness (QED) is 0.373. The van der Waals surface area contributed by atoms with Crippen molar-refractivity contribution in [3.63, 3.8) is 0 Å². The molecule has 0 radical (unpaired) electrons. The zero-order valence-electron chi connectivity index (χ0n) is 18.7. The molecule has 2 heterocycles. The molecule has 0 unspecified atom stereocenters. The first-order valence-electron chi connectivity index (χ1n) is 11.3. The van der Waals surface area contributed by atoms with E-state index < -0.39 is 0 Å². The molecule has 168 valence electrons. The Morgan fingerprint density at radius 1 is 0.794 bits per heavy atom. The molecule has 0 saturated heterocycles. The van der Waals surface area contributed by atoms with Crippen LogP contribution in [-0.2, 0) is 13.0 Å². The van der Waals surface area contributed by atoms with Crippen molar-refractivity contribution in [2.45, 2.75) is 13.0 Å². The van der Waals surface area contributed by atoms with Crippen molar-refractivity contribution in [1.29, 1.82) is 0 Å². The van der Waals surface area contributed by atoms with Gasteiger partial charge in [-0.15, -0.1) is 0 Å². The van der Waals surface area contributed by atoms with E-state index in [1.165, 1.54) is 0 Å². The Hall–Kier alpha value is -4.45. The van der Waals surface area contributed by atoms with Crippen molar-refractivity contribution in [3.05, 3.63) is 126 Å². The van der Waals surface area contributed by atoms with Crippen molar-refractivity contribution >= 4 is 5.91 Å². The lowest BCUT2D eigenvalue weighted by Crippen LogP contribution is -2.25. The smallest absolute Gasteiger partial charge is 0.255 e. The normalized spacial score (nSPS) is 10.8. The highest BCUT2D eigenvalue weighted by atomic mass is 16.1. The third kappa shape index (κ3) is 4.96. The summed E-state index contributed by atoms with van der Waals surface area (Å²) in [6.07, 6.45) is 6.36. The van der Waals surface area contributed by atoms with Crippen molar-refractivity contribution in [2.75, 3.05) is 6.54 Å². The number of para-hydroxylation sites is 1. The number of amides is 1. The predicted molar refractivity (Wildman–Crippen MR) is 133 cm³/mol. The number of hydrogen-bond donors (Lipinski definition) is 1. The van der Waals surface area contributed by atoms with Gasteiger partial charge in [0.25, 0.3) is 5.91 Å². The van der Waals surface area contributed by atoms with Gasteiger partial charge in [-0.2, -0.15) is 10.2 Å². The summed E-state index contributed by atoms with van der Waals surface area (Å²) in [4.78, 5) is 13.1. The number of nitrogens with zero attached hydrogens (tertiary/aromatic N) is 4. The molecule has 6 nitrogen and oxygen atoms in total. The Morgan fingerprint density at radius 3 is 2.21 bits per heavy atom. The van der Waals surface area contributed by atoms with Gasteiger partial charge in [-0.3, -0.25) is 9.48 Å². The molecule has 6 heteroatoms. The Balaban J connectivity index is 1.29. The molecule has 0 aliphatic carbocycles. The predicted octanol–water partition coefficient (Wildman–Crippen LogP) is 4.76. The molecule has 1 amide bonds. The molecule has 34 heavy (non-hydrogen) atoms. The van der Waals surface area contributed by atoms with E-state index in [4.69, 9.17) is 5.10 Å². The summed E-state index contributed by atoms with van der Waals surface area (Å²) in [7, 11) is 0. The lowest BCUT2D eigenvalue weighted by Gasteiger charge is -2.05. The van der Waals surface area contributed by atoms with Gasteiger partial charge in [-0.1, -0.05) is 78.9 Å². The standard InChI is InChI=1S/C28H25N5O/c34-28(29-17-16-23-18-30-33(20-23)25-14-8-3-9-15-25)26-21-32(19-22-10-4-1-5-11-22)31-27(26)24-12-6-2-7-13-24/h1-15,18,20-21H,16-17,19H2,(H,29,34). The van der Waals surface area contributed by atoms with E-state index in [0.717, 1.165) is 22.4 Å². The fourth-order valence-corrected chi connectivity index (χ4v) is 3.87. The van der Waals surface area contributed by atoms with E-state index in [1.807, 2.05) is 107 Å². The zero-order chi connectivity index (χ0) is 23.2. The summed E-state index contributed by atoms with van der Waals surface area (Å²) >= 11 is 0. The maximum absolute atomic E-state index is 13.1. The molecule has 0 fully saturated rings. The third-order valence-corrected chi connectivity index (χ3v) is 5.60. The van der Waals surface area contributed by atoms with Crippen LogP contribution in [0.25, 0.3) is 16.9 Å². The van der Waals surface area contributed by atoms with Gasteiger partial charge in [0.15, 0.2) is 0 Å². The molecule has 0 spiro atoms. The SMILES string of the molecule is O=C(NCCc1cnn(-c2ccccc2)c1)c1cn(Cc2ccccc2)nc1-c1ccccc1. The fraction of sp³-hybridized carbons (Fsp3) is 0.107. The van der Waals surface area contributed by atoms with Gasteiger partial charge >= 0.3 is 0 Å². The van der Waals surface area contributed by atoms with Gasteiger partial charge in [0.1, 0.15) is 5.69 Å². The molecule has 1 N–H and O–H groups in total. The van der Waals surface area contributed by atoms with Gasteiger partial charge in [-0.25, -0.2) is 4.68 Å². The van der Waals surface area contributed by atoms with Gasteiger partial charge in [0, 0.05) is 24.5 Å². The van der Waals surface area contributed by atoms with Gasteiger partial charge in [0.2, 0.25) is 0 Å². The van der Waals surface area contributed by atoms with Crippen LogP contribution >= 0.6 is 0 Å². The second-order valence-electron chi connectivity index (χ2n) is 8.08. The summed E-state index contributed by atoms with van der Waals surface area (Å²) < 4.78 is 3.68. The van der Waals surface area contributed by atoms with Crippen LogP contribution in [0.4, 0.5) is 0 Å². The second kappa shape index (κ2) is 10.0. The van der Waals surface area contributed by atoms with Crippen molar-refractivity contribution in [3.8, 4) is 16.9 Å². The van der Waals surface area contributed by atoms with E-state index in [2.05, 4.69) is 22.5 Å². The Morgan fingerprint density at radius 2 is 1.47 bits per heavy atom. The first-order chi connectivity index (χ1) is 16.8. The lowest BCUT2D eigenvalue weighted by molar-refractivity contribution is 0.0954. The molecule has 0 aliphatic heterocycles. The topological polar surface area (TPSA) is 64.7 Å². The minimum atomic E-state index is -0.131. The largest absolute Gasteiger partial charge is 0.352 e. The van der Waals surface area contributed by atoms with Crippen molar-refractivity contribution in [1.82, 2.24) is 24.9 Å².